The van der Waals surface area contributed by atoms with Crippen LogP contribution in [-0.4, -0.2) is 30.8 Å². The molecule has 0 aliphatic carbocycles. The Morgan fingerprint density at radius 3 is 2.62 bits per heavy atom. The van der Waals surface area contributed by atoms with E-state index in [1.54, 1.807) is 0 Å². The second-order valence-electron chi connectivity index (χ2n) is 3.91. The predicted octanol–water partition coefficient (Wildman–Crippen LogP) is 2.00. The molecule has 0 aromatic carbocycles. The van der Waals surface area contributed by atoms with Gasteiger partial charge in [-0.05, 0) is 51.2 Å². The number of hydrogen-bond acceptors (Lipinski definition) is 2. The van der Waals surface area contributed by atoms with Gasteiger partial charge in [-0.15, -0.1) is 0 Å². The molecule has 0 aromatic rings. The molecule has 0 saturated carbocycles. The van der Waals surface area contributed by atoms with Gasteiger partial charge in [0.05, 0.1) is 0 Å². The van der Waals surface area contributed by atoms with Crippen molar-refractivity contribution >= 4 is 6.29 Å². The maximum absolute atomic E-state index is 10.0. The minimum absolute atomic E-state index is 0.633. The van der Waals surface area contributed by atoms with Gasteiger partial charge in [0.15, 0.2) is 6.29 Å². The maximum atomic E-state index is 10.0. The lowest BCUT2D eigenvalue weighted by molar-refractivity contribution is 0.185. The lowest BCUT2D eigenvalue weighted by atomic mass is 9.92. The Morgan fingerprint density at radius 1 is 1.38 bits per heavy atom. The smallest absolute Gasteiger partial charge is 0.198 e. The zero-order valence-corrected chi connectivity index (χ0v) is 8.59. The highest BCUT2D eigenvalue weighted by atomic mass is 16.1. The third-order valence-electron chi connectivity index (χ3n) is 3.05. The van der Waals surface area contributed by atoms with Crippen molar-refractivity contribution in [3.8, 4) is 0 Å². The van der Waals surface area contributed by atoms with Gasteiger partial charge in [-0.25, -0.2) is 0 Å². The van der Waals surface area contributed by atoms with Crippen LogP contribution >= 0.6 is 0 Å². The van der Waals surface area contributed by atoms with Crippen molar-refractivity contribution in [2.75, 3.05) is 19.6 Å². The van der Waals surface area contributed by atoms with Gasteiger partial charge < -0.3 is 4.90 Å². The standard InChI is InChI=1S/C11H20NO/c1-2-12-8-6-11(7-9-12)5-3-4-10-13/h11H,2-9H2,1H3. The number of carbonyl (C=O) groups excluding carboxylic acids is 1. The molecule has 0 spiro atoms. The van der Waals surface area contributed by atoms with E-state index in [0.717, 1.165) is 12.3 Å². The Balaban J connectivity index is 2.06. The van der Waals surface area contributed by atoms with E-state index in [-0.39, 0.29) is 0 Å². The van der Waals surface area contributed by atoms with E-state index in [0.29, 0.717) is 6.42 Å². The molecule has 2 nitrogen and oxygen atoms in total. The fraction of sp³-hybridized carbons (Fsp3) is 0.909. The van der Waals surface area contributed by atoms with Gasteiger partial charge in [-0.2, -0.15) is 0 Å². The summed E-state index contributed by atoms with van der Waals surface area (Å²) in [7, 11) is 0. The molecule has 0 amide bonds. The van der Waals surface area contributed by atoms with Crippen LogP contribution in [0.15, 0.2) is 0 Å². The van der Waals surface area contributed by atoms with Crippen LogP contribution in [0.5, 0.6) is 0 Å². The van der Waals surface area contributed by atoms with Crippen LogP contribution in [0, 0.1) is 5.92 Å². The summed E-state index contributed by atoms with van der Waals surface area (Å²) in [4.78, 5) is 12.5. The summed E-state index contributed by atoms with van der Waals surface area (Å²) in [5, 5.41) is 0. The monoisotopic (exact) mass is 182 g/mol. The summed E-state index contributed by atoms with van der Waals surface area (Å²) in [6.45, 7) is 5.93. The van der Waals surface area contributed by atoms with Crippen LogP contribution < -0.4 is 0 Å². The van der Waals surface area contributed by atoms with Crippen molar-refractivity contribution in [2.24, 2.45) is 5.92 Å². The summed E-state index contributed by atoms with van der Waals surface area (Å²) in [5.41, 5.74) is 0. The first kappa shape index (κ1) is 10.7. The molecule has 0 bridgehead atoms. The molecular weight excluding hydrogens is 162 g/mol. The van der Waals surface area contributed by atoms with Gasteiger partial charge in [0.2, 0.25) is 0 Å². The normalized spacial score (nSPS) is 20.4. The van der Waals surface area contributed by atoms with E-state index in [4.69, 9.17) is 0 Å². The van der Waals surface area contributed by atoms with E-state index in [1.807, 2.05) is 6.29 Å². The van der Waals surface area contributed by atoms with Gasteiger partial charge in [-0.3, -0.25) is 4.79 Å². The highest BCUT2D eigenvalue weighted by Gasteiger charge is 2.16. The van der Waals surface area contributed by atoms with Crippen LogP contribution in [0.1, 0.15) is 39.0 Å². The maximum Gasteiger partial charge on any atom is 0.198 e. The van der Waals surface area contributed by atoms with E-state index in [1.165, 1.54) is 38.9 Å². The second kappa shape index (κ2) is 6.14. The molecule has 1 aliphatic heterocycles. The molecule has 1 fully saturated rings. The number of rotatable bonds is 5. The van der Waals surface area contributed by atoms with Gasteiger partial charge in [0.25, 0.3) is 0 Å². The van der Waals surface area contributed by atoms with Crippen LogP contribution in [0.25, 0.3) is 0 Å². The van der Waals surface area contributed by atoms with Crippen molar-refractivity contribution in [3.63, 3.8) is 0 Å². The largest absolute Gasteiger partial charge is 0.304 e. The molecule has 13 heavy (non-hydrogen) atoms. The minimum atomic E-state index is 0.633. The fourth-order valence-corrected chi connectivity index (χ4v) is 2.05. The van der Waals surface area contributed by atoms with Crippen molar-refractivity contribution in [1.29, 1.82) is 0 Å². The summed E-state index contributed by atoms with van der Waals surface area (Å²) < 4.78 is 0. The third kappa shape index (κ3) is 3.90. The lowest BCUT2D eigenvalue weighted by Crippen LogP contribution is -2.33. The van der Waals surface area contributed by atoms with Gasteiger partial charge in [-0.1, -0.05) is 6.92 Å². The number of nitrogens with zero attached hydrogens (tertiary/aromatic N) is 1. The van der Waals surface area contributed by atoms with Crippen LogP contribution in [0.3, 0.4) is 0 Å². The quantitative estimate of drug-likeness (QED) is 0.606. The van der Waals surface area contributed by atoms with Crippen molar-refractivity contribution in [1.82, 2.24) is 4.90 Å². The predicted molar refractivity (Wildman–Crippen MR) is 54.4 cm³/mol. The topological polar surface area (TPSA) is 20.3 Å². The average Bonchev–Trinajstić information content (AvgIpc) is 2.19. The Bertz CT molecular complexity index is 139. The molecule has 75 valence electrons. The fourth-order valence-electron chi connectivity index (χ4n) is 2.05. The average molecular weight is 182 g/mol. The first-order valence-electron chi connectivity index (χ1n) is 5.44. The molecule has 0 aromatic heterocycles. The molecule has 1 radical (unpaired) electrons. The molecular formula is C11H20NO. The van der Waals surface area contributed by atoms with E-state index >= 15 is 0 Å². The Labute approximate surface area is 81.3 Å². The molecule has 2 heteroatoms. The van der Waals surface area contributed by atoms with Gasteiger partial charge in [0, 0.05) is 6.42 Å². The molecule has 1 saturated heterocycles. The summed E-state index contributed by atoms with van der Waals surface area (Å²) >= 11 is 0. The minimum Gasteiger partial charge on any atom is -0.304 e. The van der Waals surface area contributed by atoms with E-state index in [2.05, 4.69) is 11.8 Å². The Kier molecular flexibility index (Phi) is 5.06. The molecule has 1 aliphatic rings. The van der Waals surface area contributed by atoms with E-state index < -0.39 is 0 Å². The number of likely N-dealkylation sites (tertiary alicyclic amines) is 1. The molecule has 0 N–H and O–H groups in total. The van der Waals surface area contributed by atoms with Crippen molar-refractivity contribution in [2.45, 2.75) is 39.0 Å². The van der Waals surface area contributed by atoms with Crippen LogP contribution in [0.2, 0.25) is 0 Å². The van der Waals surface area contributed by atoms with Gasteiger partial charge in [0.1, 0.15) is 0 Å². The van der Waals surface area contributed by atoms with Crippen LogP contribution in [0.4, 0.5) is 0 Å². The third-order valence-corrected chi connectivity index (χ3v) is 3.05. The second-order valence-corrected chi connectivity index (χ2v) is 3.91. The van der Waals surface area contributed by atoms with Crippen LogP contribution in [-0.2, 0) is 4.79 Å². The first-order chi connectivity index (χ1) is 6.36. The first-order valence-corrected chi connectivity index (χ1v) is 5.44. The Morgan fingerprint density at radius 2 is 2.08 bits per heavy atom. The number of piperidine rings is 1. The van der Waals surface area contributed by atoms with Gasteiger partial charge >= 0.3 is 0 Å². The summed E-state index contributed by atoms with van der Waals surface area (Å²) in [6, 6.07) is 0. The Hall–Kier alpha value is -0.370. The number of hydrogen-bond donors (Lipinski definition) is 0. The molecule has 0 atom stereocenters. The zero-order valence-electron chi connectivity index (χ0n) is 8.59. The molecule has 1 heterocycles. The SMILES string of the molecule is CCN1CCC(CCC[C]=O)CC1. The summed E-state index contributed by atoms with van der Waals surface area (Å²) in [5.74, 6) is 0.871. The van der Waals surface area contributed by atoms with Crippen molar-refractivity contribution < 1.29 is 4.79 Å². The highest BCUT2D eigenvalue weighted by molar-refractivity contribution is 5.50. The van der Waals surface area contributed by atoms with E-state index in [9.17, 15) is 4.79 Å². The number of unbranched alkanes of at least 4 members (excludes halogenated alkanes) is 1. The molecule has 0 unspecified atom stereocenters. The highest BCUT2D eigenvalue weighted by Crippen LogP contribution is 2.21. The summed E-state index contributed by atoms with van der Waals surface area (Å²) in [6.07, 6.45) is 7.52. The zero-order chi connectivity index (χ0) is 9.52. The van der Waals surface area contributed by atoms with Crippen molar-refractivity contribution in [3.05, 3.63) is 0 Å². The lowest BCUT2D eigenvalue weighted by Gasteiger charge is -2.30. The molecule has 1 rings (SSSR count).